The maximum atomic E-state index is 2.52. The summed E-state index contributed by atoms with van der Waals surface area (Å²) in [5.74, 6) is 0. The van der Waals surface area contributed by atoms with Crippen molar-refractivity contribution in [2.75, 3.05) is 13.3 Å². The first-order valence-corrected chi connectivity index (χ1v) is 14.5. The van der Waals surface area contributed by atoms with Crippen LogP contribution in [0.5, 0.6) is 0 Å². The average molecular weight is 489 g/mol. The molecule has 0 spiro atoms. The summed E-state index contributed by atoms with van der Waals surface area (Å²) in [7, 11) is -0.00119. The molecule has 0 fully saturated rings. The van der Waals surface area contributed by atoms with Crippen LogP contribution in [0.1, 0.15) is 49.4 Å². The van der Waals surface area contributed by atoms with Crippen molar-refractivity contribution < 1.29 is 22.9 Å². The fraction of sp³-hybridized carbons (Fsp3) is 0.429. The Morgan fingerprint density at radius 3 is 2.22 bits per heavy atom. The third-order valence-corrected chi connectivity index (χ3v) is 16.0. The van der Waals surface area contributed by atoms with E-state index in [-0.39, 0.29) is 7.92 Å². The standard InChI is InChI=1S/C11H12P.C10H15.Hf/c1-12(2)11-7-9-5-3-4-6-10(9)8-11;1-7-6-10(4,5)9(3)8(7)2;/h3-8H,1-2H3;1-5H3;. The minimum atomic E-state index is -0.981. The molecule has 2 heteroatoms. The molecule has 120 valence electrons. The van der Waals surface area contributed by atoms with Gasteiger partial charge in [0.2, 0.25) is 0 Å². The van der Waals surface area contributed by atoms with Gasteiger partial charge < -0.3 is 0 Å². The Bertz CT molecular complexity index is 747. The van der Waals surface area contributed by atoms with Crippen molar-refractivity contribution in [3.8, 4) is 0 Å². The first kappa shape index (κ1) is 17.6. The van der Waals surface area contributed by atoms with E-state index in [0.717, 1.165) is 3.67 Å². The summed E-state index contributed by atoms with van der Waals surface area (Å²) in [6.07, 6.45) is 2.52. The summed E-state index contributed by atoms with van der Waals surface area (Å²) < 4.78 is 2.62. The monoisotopic (exact) mass is 490 g/mol. The molecule has 1 aromatic rings. The van der Waals surface area contributed by atoms with Gasteiger partial charge >= 0.3 is 155 Å². The molecule has 3 rings (SSSR count). The maximum absolute atomic E-state index is 2.52. The van der Waals surface area contributed by atoms with Crippen LogP contribution in [0, 0.1) is 5.41 Å². The second-order valence-corrected chi connectivity index (χ2v) is 14.8. The van der Waals surface area contributed by atoms with Crippen LogP contribution in [0.4, 0.5) is 0 Å². The first-order chi connectivity index (χ1) is 10.7. The topological polar surface area (TPSA) is 0 Å². The Kier molecular flexibility index (Phi) is 4.76. The van der Waals surface area contributed by atoms with Gasteiger partial charge in [0.05, 0.1) is 0 Å². The van der Waals surface area contributed by atoms with E-state index in [1.54, 1.807) is 27.6 Å². The van der Waals surface area contributed by atoms with Crippen LogP contribution in [-0.2, 0) is 22.9 Å². The molecule has 2 aliphatic carbocycles. The Hall–Kier alpha value is -0.260. The summed E-state index contributed by atoms with van der Waals surface area (Å²) in [5, 5.41) is 1.75. The van der Waals surface area contributed by atoms with E-state index in [4.69, 9.17) is 0 Å². The van der Waals surface area contributed by atoms with Crippen LogP contribution in [0.3, 0.4) is 0 Å². The van der Waals surface area contributed by atoms with Gasteiger partial charge in [-0.1, -0.05) is 0 Å². The summed E-state index contributed by atoms with van der Waals surface area (Å²) in [5.41, 5.74) is 8.20. The SMILES string of the molecule is CC1=C(C)C(C)(C)[C]([Hf][CH]2C(P(C)C)=Cc3ccccc32)=C1C. The van der Waals surface area contributed by atoms with Crippen molar-refractivity contribution in [3.63, 3.8) is 0 Å². The van der Waals surface area contributed by atoms with Gasteiger partial charge in [-0.25, -0.2) is 0 Å². The molecule has 0 heterocycles. The second kappa shape index (κ2) is 6.23. The summed E-state index contributed by atoms with van der Waals surface area (Å²) in [4.78, 5) is 0. The van der Waals surface area contributed by atoms with Crippen LogP contribution >= 0.6 is 7.92 Å². The van der Waals surface area contributed by atoms with Crippen LogP contribution in [0.15, 0.2) is 49.6 Å². The number of hydrogen-bond donors (Lipinski definition) is 0. The molecule has 0 bridgehead atoms. The molecule has 0 saturated heterocycles. The van der Waals surface area contributed by atoms with E-state index in [0.29, 0.717) is 5.41 Å². The van der Waals surface area contributed by atoms with Crippen molar-refractivity contribution in [2.45, 2.75) is 38.3 Å². The van der Waals surface area contributed by atoms with E-state index < -0.39 is 22.9 Å². The molecule has 1 atom stereocenters. The van der Waals surface area contributed by atoms with Crippen molar-refractivity contribution in [1.82, 2.24) is 0 Å². The normalized spacial score (nSPS) is 22.8. The number of rotatable bonds is 3. The Morgan fingerprint density at radius 2 is 1.65 bits per heavy atom. The van der Waals surface area contributed by atoms with E-state index >= 15 is 0 Å². The van der Waals surface area contributed by atoms with Gasteiger partial charge in [0, 0.05) is 0 Å². The van der Waals surface area contributed by atoms with Crippen molar-refractivity contribution >= 4 is 14.0 Å². The van der Waals surface area contributed by atoms with Gasteiger partial charge in [0.1, 0.15) is 0 Å². The van der Waals surface area contributed by atoms with Gasteiger partial charge in [-0.2, -0.15) is 0 Å². The molecule has 1 unspecified atom stereocenters. The van der Waals surface area contributed by atoms with Crippen LogP contribution in [0.2, 0.25) is 0 Å². The zero-order valence-electron chi connectivity index (χ0n) is 15.4. The molecule has 2 aliphatic rings. The Balaban J connectivity index is 2.02. The van der Waals surface area contributed by atoms with Crippen LogP contribution in [-0.4, -0.2) is 13.3 Å². The molecule has 0 aliphatic heterocycles. The molecule has 0 radical (unpaired) electrons. The van der Waals surface area contributed by atoms with Crippen molar-refractivity contribution in [2.24, 2.45) is 5.41 Å². The van der Waals surface area contributed by atoms with Gasteiger partial charge in [0.15, 0.2) is 0 Å². The third-order valence-electron chi connectivity index (χ3n) is 5.77. The first-order valence-electron chi connectivity index (χ1n) is 8.39. The fourth-order valence-corrected chi connectivity index (χ4v) is 15.0. The van der Waals surface area contributed by atoms with Crippen molar-refractivity contribution in [1.29, 1.82) is 0 Å². The van der Waals surface area contributed by atoms with Crippen LogP contribution in [0.25, 0.3) is 6.08 Å². The molecule has 0 nitrogen and oxygen atoms in total. The molecule has 0 amide bonds. The van der Waals surface area contributed by atoms with E-state index in [9.17, 15) is 0 Å². The van der Waals surface area contributed by atoms with Gasteiger partial charge in [-0.05, 0) is 0 Å². The second-order valence-electron chi connectivity index (χ2n) is 7.54. The molecule has 0 N–H and O–H groups in total. The molecular weight excluding hydrogens is 462 g/mol. The Labute approximate surface area is 154 Å². The Morgan fingerprint density at radius 1 is 1.00 bits per heavy atom. The van der Waals surface area contributed by atoms with E-state index in [1.807, 2.05) is 3.33 Å². The van der Waals surface area contributed by atoms with E-state index in [1.165, 1.54) is 5.56 Å². The van der Waals surface area contributed by atoms with Crippen LogP contribution < -0.4 is 0 Å². The van der Waals surface area contributed by atoms with E-state index in [2.05, 4.69) is 78.3 Å². The fourth-order valence-electron chi connectivity index (χ4n) is 3.87. The molecule has 0 saturated carbocycles. The summed E-state index contributed by atoms with van der Waals surface area (Å²) >= 11 is -0.981. The average Bonchev–Trinajstić information content (AvgIpc) is 2.94. The zero-order valence-corrected chi connectivity index (χ0v) is 19.9. The number of allylic oxidation sites excluding steroid dienone is 5. The number of benzene rings is 1. The van der Waals surface area contributed by atoms with Crippen molar-refractivity contribution in [3.05, 3.63) is 60.8 Å². The van der Waals surface area contributed by atoms with Gasteiger partial charge in [-0.15, -0.1) is 0 Å². The van der Waals surface area contributed by atoms with Gasteiger partial charge in [-0.3, -0.25) is 0 Å². The quantitative estimate of drug-likeness (QED) is 0.334. The minimum absolute atomic E-state index is 0.00119. The molecule has 23 heavy (non-hydrogen) atoms. The summed E-state index contributed by atoms with van der Waals surface area (Å²) in [6.45, 7) is 16.8. The number of fused-ring (bicyclic) bond motifs is 1. The predicted octanol–water partition coefficient (Wildman–Crippen LogP) is 6.56. The molecule has 0 aromatic heterocycles. The molecular formula is C21H27HfP. The third kappa shape index (κ3) is 2.83. The molecule has 1 aromatic carbocycles. The predicted molar refractivity (Wildman–Crippen MR) is 101 cm³/mol. The van der Waals surface area contributed by atoms with Gasteiger partial charge in [0.25, 0.3) is 0 Å². The summed E-state index contributed by atoms with van der Waals surface area (Å²) in [6, 6.07) is 9.12. The zero-order chi connectivity index (χ0) is 16.9. The number of hydrogen-bond acceptors (Lipinski definition) is 0.